The lowest BCUT2D eigenvalue weighted by molar-refractivity contribution is 0.102. The predicted octanol–water partition coefficient (Wildman–Crippen LogP) is 6.24. The van der Waals surface area contributed by atoms with Crippen molar-refractivity contribution in [3.63, 3.8) is 0 Å². The summed E-state index contributed by atoms with van der Waals surface area (Å²) in [5.74, 6) is 1.15. The zero-order chi connectivity index (χ0) is 21.8. The molecule has 156 valence electrons. The van der Waals surface area contributed by atoms with Gasteiger partial charge in [-0.1, -0.05) is 71.4 Å². The largest absolute Gasteiger partial charge is 0.298 e. The van der Waals surface area contributed by atoms with Crippen molar-refractivity contribution in [1.82, 2.24) is 14.8 Å². The number of hydrogen-bond donors (Lipinski definition) is 0. The molecule has 6 heteroatoms. The molecule has 3 aromatic carbocycles. The molecule has 4 aromatic rings. The van der Waals surface area contributed by atoms with Crippen LogP contribution in [0.4, 0.5) is 0 Å². The summed E-state index contributed by atoms with van der Waals surface area (Å²) in [4.78, 5) is 12.9. The lowest BCUT2D eigenvalue weighted by atomic mass is 10.0. The van der Waals surface area contributed by atoms with E-state index in [0.29, 0.717) is 22.5 Å². The van der Waals surface area contributed by atoms with Gasteiger partial charge in [0.1, 0.15) is 0 Å². The summed E-state index contributed by atoms with van der Waals surface area (Å²) in [5, 5.41) is 10.2. The van der Waals surface area contributed by atoms with Crippen LogP contribution in [0.25, 0.3) is 11.4 Å². The molecule has 4 nitrogen and oxygen atoms in total. The molecule has 0 atom stereocenters. The summed E-state index contributed by atoms with van der Waals surface area (Å²) in [6, 6.07) is 23.7. The molecular formula is C25H22ClN3OS. The number of carbonyl (C=O) groups is 1. The van der Waals surface area contributed by atoms with Crippen molar-refractivity contribution >= 4 is 29.1 Å². The van der Waals surface area contributed by atoms with E-state index in [9.17, 15) is 4.79 Å². The fourth-order valence-electron chi connectivity index (χ4n) is 3.36. The quantitative estimate of drug-likeness (QED) is 0.248. The molecule has 1 aromatic heterocycles. The van der Waals surface area contributed by atoms with E-state index in [1.807, 2.05) is 74.5 Å². The topological polar surface area (TPSA) is 47.8 Å². The smallest absolute Gasteiger partial charge is 0.192 e. The first-order chi connectivity index (χ1) is 15.0. The second-order valence-corrected chi connectivity index (χ2v) is 8.79. The number of nitrogens with zero attached hydrogens (tertiary/aromatic N) is 3. The molecule has 0 bridgehead atoms. The number of hydrogen-bond acceptors (Lipinski definition) is 4. The molecule has 0 saturated heterocycles. The van der Waals surface area contributed by atoms with Crippen LogP contribution in [0.3, 0.4) is 0 Å². The average Bonchev–Trinajstić information content (AvgIpc) is 3.17. The Morgan fingerprint density at radius 3 is 2.45 bits per heavy atom. The zero-order valence-corrected chi connectivity index (χ0v) is 19.0. The highest BCUT2D eigenvalue weighted by atomic mass is 35.5. The third-order valence-electron chi connectivity index (χ3n) is 5.03. The third kappa shape index (κ3) is 5.06. The number of Topliss-reactive ketones (excluding diaryl/α,β-unsaturated/α-hetero) is 1. The first-order valence-corrected chi connectivity index (χ1v) is 11.3. The van der Waals surface area contributed by atoms with Gasteiger partial charge in [0, 0.05) is 16.1 Å². The Hall–Kier alpha value is -2.89. The van der Waals surface area contributed by atoms with Crippen molar-refractivity contribution in [2.45, 2.75) is 25.5 Å². The SMILES string of the molecule is Cc1ccc(C)c(C(=O)CSc2nnc(-c3ccc(Cl)cc3)n2Cc2ccccc2)c1. The van der Waals surface area contributed by atoms with Gasteiger partial charge in [0.05, 0.1) is 12.3 Å². The maximum atomic E-state index is 12.9. The van der Waals surface area contributed by atoms with E-state index in [1.165, 1.54) is 11.8 Å². The highest BCUT2D eigenvalue weighted by Crippen LogP contribution is 2.27. The predicted molar refractivity (Wildman–Crippen MR) is 127 cm³/mol. The van der Waals surface area contributed by atoms with Crippen LogP contribution in [-0.4, -0.2) is 26.3 Å². The molecule has 0 amide bonds. The minimum absolute atomic E-state index is 0.0912. The second-order valence-electron chi connectivity index (χ2n) is 7.42. The molecule has 0 radical (unpaired) electrons. The fraction of sp³-hybridized carbons (Fsp3) is 0.160. The fourth-order valence-corrected chi connectivity index (χ4v) is 4.31. The van der Waals surface area contributed by atoms with Crippen LogP contribution in [0.2, 0.25) is 5.02 Å². The van der Waals surface area contributed by atoms with Crippen molar-refractivity contribution in [2.75, 3.05) is 5.75 Å². The van der Waals surface area contributed by atoms with Crippen LogP contribution in [-0.2, 0) is 6.54 Å². The van der Waals surface area contributed by atoms with E-state index in [4.69, 9.17) is 11.6 Å². The third-order valence-corrected chi connectivity index (χ3v) is 6.25. The highest BCUT2D eigenvalue weighted by Gasteiger charge is 2.17. The number of aromatic nitrogens is 3. The Bertz CT molecular complexity index is 1200. The Morgan fingerprint density at radius 1 is 0.968 bits per heavy atom. The Balaban J connectivity index is 1.63. The summed E-state index contributed by atoms with van der Waals surface area (Å²) in [5.41, 5.74) is 4.90. The maximum absolute atomic E-state index is 12.9. The summed E-state index contributed by atoms with van der Waals surface area (Å²) in [7, 11) is 0. The van der Waals surface area contributed by atoms with E-state index in [0.717, 1.165) is 33.6 Å². The molecule has 0 saturated carbocycles. The summed E-state index contributed by atoms with van der Waals surface area (Å²) in [6.45, 7) is 4.58. The van der Waals surface area contributed by atoms with Gasteiger partial charge in [-0.25, -0.2) is 0 Å². The van der Waals surface area contributed by atoms with Gasteiger partial charge in [0.15, 0.2) is 16.8 Å². The molecule has 0 aliphatic heterocycles. The van der Waals surface area contributed by atoms with Gasteiger partial charge in [-0.2, -0.15) is 0 Å². The number of benzene rings is 3. The zero-order valence-electron chi connectivity index (χ0n) is 17.4. The molecule has 0 fully saturated rings. The second kappa shape index (κ2) is 9.50. The number of halogens is 1. The van der Waals surface area contributed by atoms with E-state index >= 15 is 0 Å². The van der Waals surface area contributed by atoms with Crippen LogP contribution in [0.15, 0.2) is 78.0 Å². The van der Waals surface area contributed by atoms with Crippen molar-refractivity contribution in [3.8, 4) is 11.4 Å². The monoisotopic (exact) mass is 447 g/mol. The number of carbonyl (C=O) groups excluding carboxylic acids is 1. The van der Waals surface area contributed by atoms with Crippen molar-refractivity contribution in [2.24, 2.45) is 0 Å². The van der Waals surface area contributed by atoms with Crippen LogP contribution in [0.1, 0.15) is 27.0 Å². The van der Waals surface area contributed by atoms with Crippen molar-refractivity contribution in [1.29, 1.82) is 0 Å². The Morgan fingerprint density at radius 2 is 1.71 bits per heavy atom. The van der Waals surface area contributed by atoms with Gasteiger partial charge >= 0.3 is 0 Å². The Labute approximate surface area is 191 Å². The molecular weight excluding hydrogens is 426 g/mol. The van der Waals surface area contributed by atoms with Crippen LogP contribution in [0.5, 0.6) is 0 Å². The molecule has 31 heavy (non-hydrogen) atoms. The van der Waals surface area contributed by atoms with Gasteiger partial charge in [-0.15, -0.1) is 10.2 Å². The average molecular weight is 448 g/mol. The summed E-state index contributed by atoms with van der Waals surface area (Å²) < 4.78 is 2.06. The number of rotatable bonds is 7. The van der Waals surface area contributed by atoms with E-state index in [2.05, 4.69) is 26.9 Å². The first kappa shape index (κ1) is 21.3. The molecule has 4 rings (SSSR count). The number of thioether (sulfide) groups is 1. The van der Waals surface area contributed by atoms with Crippen molar-refractivity contribution in [3.05, 3.63) is 100 Å². The maximum Gasteiger partial charge on any atom is 0.192 e. The molecule has 0 unspecified atom stereocenters. The van der Waals surface area contributed by atoms with Crippen LogP contribution >= 0.6 is 23.4 Å². The van der Waals surface area contributed by atoms with Gasteiger partial charge in [0.25, 0.3) is 0 Å². The van der Waals surface area contributed by atoms with E-state index in [-0.39, 0.29) is 5.78 Å². The van der Waals surface area contributed by atoms with Crippen LogP contribution in [0, 0.1) is 13.8 Å². The minimum Gasteiger partial charge on any atom is -0.298 e. The van der Waals surface area contributed by atoms with Gasteiger partial charge in [-0.05, 0) is 55.3 Å². The number of aryl methyl sites for hydroxylation is 2. The lowest BCUT2D eigenvalue weighted by Gasteiger charge is -2.11. The molecule has 0 N–H and O–H groups in total. The van der Waals surface area contributed by atoms with Crippen LogP contribution < -0.4 is 0 Å². The summed E-state index contributed by atoms with van der Waals surface area (Å²) in [6.07, 6.45) is 0. The molecule has 0 aliphatic carbocycles. The standard InChI is InChI=1S/C25H22ClN3OS/c1-17-8-9-18(2)22(14-17)23(30)16-31-25-28-27-24(20-10-12-21(26)13-11-20)29(25)15-19-6-4-3-5-7-19/h3-14H,15-16H2,1-2H3. The molecule has 0 spiro atoms. The first-order valence-electron chi connectivity index (χ1n) is 9.97. The molecule has 0 aliphatic rings. The summed E-state index contributed by atoms with van der Waals surface area (Å²) >= 11 is 7.47. The molecule has 1 heterocycles. The van der Waals surface area contributed by atoms with Crippen molar-refractivity contribution < 1.29 is 4.79 Å². The Kier molecular flexibility index (Phi) is 6.54. The van der Waals surface area contributed by atoms with Gasteiger partial charge in [0.2, 0.25) is 0 Å². The van der Waals surface area contributed by atoms with E-state index < -0.39 is 0 Å². The van der Waals surface area contributed by atoms with Gasteiger partial charge < -0.3 is 0 Å². The van der Waals surface area contributed by atoms with Gasteiger partial charge in [-0.3, -0.25) is 9.36 Å². The normalized spacial score (nSPS) is 10.9. The lowest BCUT2D eigenvalue weighted by Crippen LogP contribution is -2.08. The highest BCUT2D eigenvalue weighted by molar-refractivity contribution is 7.99. The minimum atomic E-state index is 0.0912. The number of ketones is 1. The van der Waals surface area contributed by atoms with E-state index in [1.54, 1.807) is 0 Å².